The average Bonchev–Trinajstić information content (AvgIpc) is 2.83. The van der Waals surface area contributed by atoms with E-state index in [0.29, 0.717) is 17.9 Å². The van der Waals surface area contributed by atoms with E-state index in [0.717, 1.165) is 37.0 Å². The number of nitrogens with zero attached hydrogens (tertiary/aromatic N) is 2. The second-order valence-electron chi connectivity index (χ2n) is 8.95. The zero-order valence-corrected chi connectivity index (χ0v) is 19.0. The molecule has 1 aliphatic heterocycles. The molecule has 0 saturated carbocycles. The van der Waals surface area contributed by atoms with E-state index in [1.165, 1.54) is 19.3 Å². The topological polar surface area (TPSA) is 35.0 Å². The molecule has 0 spiro atoms. The highest BCUT2D eigenvalue weighted by Crippen LogP contribution is 2.35. The van der Waals surface area contributed by atoms with Crippen LogP contribution < -0.4 is 0 Å². The van der Waals surface area contributed by atoms with Crippen LogP contribution >= 0.6 is 0 Å². The lowest BCUT2D eigenvalue weighted by Crippen LogP contribution is -2.27. The van der Waals surface area contributed by atoms with Gasteiger partial charge in [-0.1, -0.05) is 51.0 Å². The molecule has 1 fully saturated rings. The smallest absolute Gasteiger partial charge is 0.170 e. The Balaban J connectivity index is 1.44. The van der Waals surface area contributed by atoms with Crippen LogP contribution in [0.3, 0.4) is 0 Å². The molecule has 2 aliphatic rings. The number of aryl methyl sites for hydroxylation is 1. The van der Waals surface area contributed by atoms with Crippen molar-refractivity contribution in [1.29, 1.82) is 0 Å². The zero-order valence-electron chi connectivity index (χ0n) is 19.0. The quantitative estimate of drug-likeness (QED) is 0.470. The van der Waals surface area contributed by atoms with Crippen LogP contribution in [0.5, 0.6) is 0 Å². The maximum atomic E-state index is 15.0. The molecule has 0 bridgehead atoms. The average molecular weight is 439 g/mol. The molecular weight excluding hydrogens is 406 g/mol. The lowest BCUT2D eigenvalue weighted by Gasteiger charge is -2.31. The number of benzene rings is 1. The lowest BCUT2D eigenvalue weighted by atomic mass is 9.85. The van der Waals surface area contributed by atoms with Crippen molar-refractivity contribution >= 4 is 0 Å². The summed E-state index contributed by atoms with van der Waals surface area (Å²) < 4.78 is 36.0. The third kappa shape index (κ3) is 4.98. The summed E-state index contributed by atoms with van der Waals surface area (Å²) >= 11 is 0. The second kappa shape index (κ2) is 10.5. The Morgan fingerprint density at radius 2 is 1.84 bits per heavy atom. The molecule has 0 N–H and O–H groups in total. The van der Waals surface area contributed by atoms with Gasteiger partial charge in [0.2, 0.25) is 0 Å². The Hall–Kier alpha value is -2.40. The summed E-state index contributed by atoms with van der Waals surface area (Å²) in [5, 5.41) is 0. The highest BCUT2D eigenvalue weighted by molar-refractivity contribution is 5.57. The van der Waals surface area contributed by atoms with Crippen molar-refractivity contribution in [3.05, 3.63) is 71.1 Å². The molecule has 0 amide bonds. The van der Waals surface area contributed by atoms with Gasteiger partial charge in [-0.3, -0.25) is 0 Å². The van der Waals surface area contributed by atoms with Crippen LogP contribution in [0, 0.1) is 17.6 Å². The van der Waals surface area contributed by atoms with Gasteiger partial charge in [-0.2, -0.15) is 0 Å². The molecule has 4 rings (SSSR count). The predicted molar refractivity (Wildman–Crippen MR) is 123 cm³/mol. The number of hydrogen-bond donors (Lipinski definition) is 0. The summed E-state index contributed by atoms with van der Waals surface area (Å²) in [6.45, 7) is 5.10. The van der Waals surface area contributed by atoms with Crippen LogP contribution in [0.1, 0.15) is 69.4 Å². The monoisotopic (exact) mass is 438 g/mol. The van der Waals surface area contributed by atoms with Crippen molar-refractivity contribution in [3.63, 3.8) is 0 Å². The van der Waals surface area contributed by atoms with E-state index in [9.17, 15) is 8.78 Å². The van der Waals surface area contributed by atoms with Crippen molar-refractivity contribution in [3.8, 4) is 11.4 Å². The Bertz CT molecular complexity index is 976. The summed E-state index contributed by atoms with van der Waals surface area (Å²) in [5.74, 6) is -1.01. The van der Waals surface area contributed by atoms with E-state index in [-0.39, 0.29) is 23.4 Å². The first-order valence-corrected chi connectivity index (χ1v) is 11.9. The molecule has 3 atom stereocenters. The van der Waals surface area contributed by atoms with Gasteiger partial charge in [-0.25, -0.2) is 18.7 Å². The van der Waals surface area contributed by atoms with Crippen molar-refractivity contribution in [1.82, 2.24) is 9.97 Å². The predicted octanol–water partition coefficient (Wildman–Crippen LogP) is 6.94. The Labute approximate surface area is 189 Å². The molecule has 32 heavy (non-hydrogen) atoms. The number of rotatable bonds is 7. The van der Waals surface area contributed by atoms with Crippen LogP contribution in [0.15, 0.2) is 48.3 Å². The first-order valence-electron chi connectivity index (χ1n) is 11.9. The standard InChI is InChI=1S/C27H32F2N2O/c1-3-5-18-7-14-24(32-17-18)21-10-8-20(9-11-21)22-12-13-23(26(29)25(22)28)27-30-15-19(6-4-2)16-31-27/h8,10-13,15-16,18,20,24H,3-7,9,14,17H2,1-2H3. The number of halogens is 2. The number of aromatic nitrogens is 2. The second-order valence-corrected chi connectivity index (χ2v) is 8.95. The normalized spacial score (nSPS) is 23.2. The minimum absolute atomic E-state index is 0.0996. The summed E-state index contributed by atoms with van der Waals surface area (Å²) in [7, 11) is 0. The summed E-state index contributed by atoms with van der Waals surface area (Å²) in [4.78, 5) is 8.47. The van der Waals surface area contributed by atoms with E-state index in [4.69, 9.17) is 4.74 Å². The Morgan fingerprint density at radius 3 is 2.47 bits per heavy atom. The molecule has 1 aromatic carbocycles. The summed E-state index contributed by atoms with van der Waals surface area (Å²) in [6, 6.07) is 3.26. The molecule has 0 radical (unpaired) electrons. The van der Waals surface area contributed by atoms with Gasteiger partial charge in [0, 0.05) is 18.3 Å². The molecule has 3 unspecified atom stereocenters. The van der Waals surface area contributed by atoms with Gasteiger partial charge in [0.25, 0.3) is 0 Å². The van der Waals surface area contributed by atoms with Crippen LogP contribution in [0.2, 0.25) is 0 Å². The zero-order chi connectivity index (χ0) is 22.5. The van der Waals surface area contributed by atoms with E-state index < -0.39 is 11.6 Å². The Kier molecular flexibility index (Phi) is 7.46. The van der Waals surface area contributed by atoms with Gasteiger partial charge in [0.15, 0.2) is 17.5 Å². The summed E-state index contributed by atoms with van der Waals surface area (Å²) in [6.07, 6.45) is 16.7. The molecule has 3 nitrogen and oxygen atoms in total. The van der Waals surface area contributed by atoms with Crippen molar-refractivity contribution < 1.29 is 13.5 Å². The van der Waals surface area contributed by atoms with E-state index in [1.54, 1.807) is 24.5 Å². The molecule has 1 aromatic heterocycles. The van der Waals surface area contributed by atoms with Gasteiger partial charge in [-0.15, -0.1) is 0 Å². The number of hydrogen-bond acceptors (Lipinski definition) is 3. The molecule has 5 heteroatoms. The lowest BCUT2D eigenvalue weighted by molar-refractivity contribution is 0.00370. The van der Waals surface area contributed by atoms with E-state index in [1.807, 2.05) is 12.2 Å². The first-order chi connectivity index (χ1) is 15.6. The molecular formula is C27H32F2N2O. The number of ether oxygens (including phenoxy) is 1. The number of allylic oxidation sites excluding steroid dienone is 2. The molecule has 2 heterocycles. The van der Waals surface area contributed by atoms with Crippen LogP contribution in [0.25, 0.3) is 11.4 Å². The van der Waals surface area contributed by atoms with E-state index >= 15 is 0 Å². The van der Waals surface area contributed by atoms with Crippen molar-refractivity contribution in [2.75, 3.05) is 6.61 Å². The SMILES string of the molecule is CCCc1cnc(-c2ccc(C3C=CC(C4CCC(CCC)CO4)=CC3)c(F)c2F)nc1. The highest BCUT2D eigenvalue weighted by atomic mass is 19.2. The minimum atomic E-state index is -0.883. The Morgan fingerprint density at radius 1 is 1.03 bits per heavy atom. The summed E-state index contributed by atoms with van der Waals surface area (Å²) in [5.41, 5.74) is 2.62. The van der Waals surface area contributed by atoms with Gasteiger partial charge in [0.05, 0.1) is 18.3 Å². The largest absolute Gasteiger partial charge is 0.373 e. The van der Waals surface area contributed by atoms with Crippen LogP contribution in [0.4, 0.5) is 8.78 Å². The molecule has 2 aromatic rings. The van der Waals surface area contributed by atoms with Crippen LogP contribution in [-0.2, 0) is 11.2 Å². The maximum Gasteiger partial charge on any atom is 0.170 e. The minimum Gasteiger partial charge on any atom is -0.373 e. The fourth-order valence-corrected chi connectivity index (χ4v) is 4.75. The fourth-order valence-electron chi connectivity index (χ4n) is 4.75. The molecule has 1 saturated heterocycles. The van der Waals surface area contributed by atoms with Gasteiger partial charge >= 0.3 is 0 Å². The first kappa shape index (κ1) is 22.8. The maximum absolute atomic E-state index is 15.0. The third-order valence-corrected chi connectivity index (χ3v) is 6.56. The van der Waals surface area contributed by atoms with Gasteiger partial charge in [-0.05, 0) is 60.8 Å². The van der Waals surface area contributed by atoms with Crippen LogP contribution in [-0.4, -0.2) is 22.7 Å². The van der Waals surface area contributed by atoms with E-state index in [2.05, 4.69) is 29.9 Å². The highest BCUT2D eigenvalue weighted by Gasteiger charge is 2.26. The van der Waals surface area contributed by atoms with Crippen molar-refractivity contribution in [2.24, 2.45) is 5.92 Å². The molecule has 170 valence electrons. The van der Waals surface area contributed by atoms with Gasteiger partial charge in [0.1, 0.15) is 0 Å². The molecule has 1 aliphatic carbocycles. The van der Waals surface area contributed by atoms with Gasteiger partial charge < -0.3 is 4.74 Å². The van der Waals surface area contributed by atoms with Crippen molar-refractivity contribution in [2.45, 2.75) is 70.8 Å². The third-order valence-electron chi connectivity index (χ3n) is 6.56. The fraction of sp³-hybridized carbons (Fsp3) is 0.481.